The summed E-state index contributed by atoms with van der Waals surface area (Å²) in [5.74, 6) is -1.07. The summed E-state index contributed by atoms with van der Waals surface area (Å²) < 4.78 is 43.0. The summed E-state index contributed by atoms with van der Waals surface area (Å²) in [6.45, 7) is 3.66. The molecule has 1 aromatic carbocycles. The number of alkyl halides is 3. The van der Waals surface area contributed by atoms with E-state index in [0.29, 0.717) is 6.42 Å². The van der Waals surface area contributed by atoms with Gasteiger partial charge in [-0.15, -0.1) is 6.58 Å². The number of hydrogen-bond donors (Lipinski definition) is 1. The van der Waals surface area contributed by atoms with Crippen LogP contribution in [0.2, 0.25) is 0 Å². The molecule has 0 heterocycles. The van der Waals surface area contributed by atoms with E-state index in [1.54, 1.807) is 0 Å². The van der Waals surface area contributed by atoms with E-state index in [0.717, 1.165) is 44.2 Å². The van der Waals surface area contributed by atoms with Gasteiger partial charge in [0.1, 0.15) is 6.04 Å². The number of carbonyl (C=O) groups excluding carboxylic acids is 2. The van der Waals surface area contributed by atoms with Crippen LogP contribution < -0.4 is 5.32 Å². The van der Waals surface area contributed by atoms with Crippen LogP contribution in [0.3, 0.4) is 0 Å². The number of amides is 1. The van der Waals surface area contributed by atoms with E-state index in [1.807, 2.05) is 6.08 Å². The number of hydrogen-bond acceptors (Lipinski definition) is 3. The van der Waals surface area contributed by atoms with Gasteiger partial charge in [-0.1, -0.05) is 43.5 Å². The summed E-state index contributed by atoms with van der Waals surface area (Å²) in [5.41, 5.74) is -0.577. The highest BCUT2D eigenvalue weighted by molar-refractivity contribution is 5.85. The summed E-state index contributed by atoms with van der Waals surface area (Å²) >= 11 is 0. The summed E-state index contributed by atoms with van der Waals surface area (Å²) in [4.78, 5) is 24.0. The van der Waals surface area contributed by atoms with E-state index in [2.05, 4.69) is 11.9 Å². The standard InChI is InChI=1S/C20H26F3NO3/c1-3-4-5-6-7-8-12-17(19(26)27-2)24-18(25)14-15-10-9-11-16(13-15)20(21,22)23/h3,9-11,13,17H,1,4-8,12,14H2,2H3,(H,24,25)/t17-/m0/s1. The zero-order valence-corrected chi connectivity index (χ0v) is 15.5. The van der Waals surface area contributed by atoms with Gasteiger partial charge in [0.25, 0.3) is 0 Å². The van der Waals surface area contributed by atoms with Gasteiger partial charge in [-0.25, -0.2) is 4.79 Å². The summed E-state index contributed by atoms with van der Waals surface area (Å²) in [6, 6.07) is 3.79. The lowest BCUT2D eigenvalue weighted by Gasteiger charge is -2.17. The van der Waals surface area contributed by atoms with Crippen LogP contribution in [0.1, 0.15) is 49.7 Å². The maximum absolute atomic E-state index is 12.8. The van der Waals surface area contributed by atoms with Gasteiger partial charge in [0.15, 0.2) is 0 Å². The van der Waals surface area contributed by atoms with Gasteiger partial charge >= 0.3 is 12.1 Å². The summed E-state index contributed by atoms with van der Waals surface area (Å²) in [5, 5.41) is 2.57. The highest BCUT2D eigenvalue weighted by atomic mass is 19.4. The molecule has 0 unspecified atom stereocenters. The average molecular weight is 385 g/mol. The number of methoxy groups -OCH3 is 1. The second-order valence-electron chi connectivity index (χ2n) is 6.30. The van der Waals surface area contributed by atoms with Crippen molar-refractivity contribution in [3.63, 3.8) is 0 Å². The lowest BCUT2D eigenvalue weighted by molar-refractivity contribution is -0.145. The Kier molecular flexibility index (Phi) is 9.61. The van der Waals surface area contributed by atoms with E-state index >= 15 is 0 Å². The Balaban J connectivity index is 2.58. The van der Waals surface area contributed by atoms with Crippen molar-refractivity contribution < 1.29 is 27.5 Å². The Bertz CT molecular complexity index is 629. The van der Waals surface area contributed by atoms with Crippen molar-refractivity contribution in [3.8, 4) is 0 Å². The molecule has 0 aliphatic carbocycles. The third kappa shape index (κ3) is 8.75. The molecule has 7 heteroatoms. The van der Waals surface area contributed by atoms with Crippen LogP contribution in [-0.2, 0) is 26.9 Å². The number of esters is 1. The van der Waals surface area contributed by atoms with Crippen LogP contribution >= 0.6 is 0 Å². The molecule has 1 amide bonds. The fourth-order valence-electron chi connectivity index (χ4n) is 2.67. The predicted molar refractivity (Wildman–Crippen MR) is 97.0 cm³/mol. The third-order valence-corrected chi connectivity index (χ3v) is 4.09. The van der Waals surface area contributed by atoms with Crippen molar-refractivity contribution in [2.45, 2.75) is 57.2 Å². The Morgan fingerprint density at radius 2 is 1.93 bits per heavy atom. The number of halogens is 3. The molecule has 0 aromatic heterocycles. The largest absolute Gasteiger partial charge is 0.467 e. The first-order valence-corrected chi connectivity index (χ1v) is 8.92. The highest BCUT2D eigenvalue weighted by Crippen LogP contribution is 2.29. The zero-order valence-electron chi connectivity index (χ0n) is 15.5. The lowest BCUT2D eigenvalue weighted by Crippen LogP contribution is -2.42. The molecule has 27 heavy (non-hydrogen) atoms. The number of ether oxygens (including phenoxy) is 1. The molecular weight excluding hydrogens is 359 g/mol. The molecule has 0 saturated carbocycles. The number of unbranched alkanes of at least 4 members (excludes halogenated alkanes) is 4. The molecule has 0 saturated heterocycles. The maximum atomic E-state index is 12.8. The SMILES string of the molecule is C=CCCCCCC[C@H](NC(=O)Cc1cccc(C(F)(F)F)c1)C(=O)OC. The first-order valence-electron chi connectivity index (χ1n) is 8.92. The minimum Gasteiger partial charge on any atom is -0.467 e. The van der Waals surface area contributed by atoms with Gasteiger partial charge in [-0.05, 0) is 30.9 Å². The van der Waals surface area contributed by atoms with Crippen molar-refractivity contribution >= 4 is 11.9 Å². The smallest absolute Gasteiger partial charge is 0.416 e. The number of allylic oxidation sites excluding steroid dienone is 1. The second-order valence-corrected chi connectivity index (χ2v) is 6.30. The third-order valence-electron chi connectivity index (χ3n) is 4.09. The van der Waals surface area contributed by atoms with Crippen molar-refractivity contribution in [2.24, 2.45) is 0 Å². The average Bonchev–Trinajstić information content (AvgIpc) is 2.62. The van der Waals surface area contributed by atoms with Crippen LogP contribution in [0.5, 0.6) is 0 Å². The molecule has 0 spiro atoms. The predicted octanol–water partition coefficient (Wildman–Crippen LogP) is 4.43. The fourth-order valence-corrected chi connectivity index (χ4v) is 2.67. The molecule has 0 aliphatic heterocycles. The van der Waals surface area contributed by atoms with Crippen LogP contribution in [0.25, 0.3) is 0 Å². The van der Waals surface area contributed by atoms with Gasteiger partial charge in [0, 0.05) is 0 Å². The summed E-state index contributed by atoms with van der Waals surface area (Å²) in [6.07, 6.45) is 2.18. The van der Waals surface area contributed by atoms with Gasteiger partial charge < -0.3 is 10.1 Å². The molecule has 0 fully saturated rings. The highest BCUT2D eigenvalue weighted by Gasteiger charge is 2.30. The maximum Gasteiger partial charge on any atom is 0.416 e. The van der Waals surface area contributed by atoms with Gasteiger partial charge in [-0.2, -0.15) is 13.2 Å². The van der Waals surface area contributed by atoms with E-state index in [-0.39, 0.29) is 12.0 Å². The Hall–Kier alpha value is -2.31. The minimum absolute atomic E-state index is 0.232. The van der Waals surface area contributed by atoms with Crippen molar-refractivity contribution in [1.82, 2.24) is 5.32 Å². The van der Waals surface area contributed by atoms with Crippen LogP contribution in [0.4, 0.5) is 13.2 Å². The first-order chi connectivity index (χ1) is 12.8. The Morgan fingerprint density at radius 3 is 2.56 bits per heavy atom. The van der Waals surface area contributed by atoms with Gasteiger partial charge in [0.05, 0.1) is 19.1 Å². The molecule has 1 aromatic rings. The van der Waals surface area contributed by atoms with Crippen LogP contribution in [0.15, 0.2) is 36.9 Å². The van der Waals surface area contributed by atoms with E-state index < -0.39 is 29.7 Å². The topological polar surface area (TPSA) is 55.4 Å². The van der Waals surface area contributed by atoms with Gasteiger partial charge in [-0.3, -0.25) is 4.79 Å². The van der Waals surface area contributed by atoms with Crippen molar-refractivity contribution in [1.29, 1.82) is 0 Å². The van der Waals surface area contributed by atoms with E-state index in [1.165, 1.54) is 19.2 Å². The quantitative estimate of drug-likeness (QED) is 0.348. The molecule has 0 radical (unpaired) electrons. The molecule has 150 valence electrons. The molecule has 1 rings (SSSR count). The molecule has 1 atom stereocenters. The number of carbonyl (C=O) groups is 2. The van der Waals surface area contributed by atoms with Crippen LogP contribution in [-0.4, -0.2) is 25.0 Å². The monoisotopic (exact) mass is 385 g/mol. The molecular formula is C20H26F3NO3. The first kappa shape index (κ1) is 22.7. The number of nitrogens with one attached hydrogen (secondary N) is 1. The molecule has 4 nitrogen and oxygen atoms in total. The van der Waals surface area contributed by atoms with E-state index in [9.17, 15) is 22.8 Å². The second kappa shape index (κ2) is 11.4. The summed E-state index contributed by atoms with van der Waals surface area (Å²) in [7, 11) is 1.23. The number of rotatable bonds is 11. The lowest BCUT2D eigenvalue weighted by atomic mass is 10.0. The van der Waals surface area contributed by atoms with Crippen molar-refractivity contribution in [3.05, 3.63) is 48.0 Å². The van der Waals surface area contributed by atoms with Gasteiger partial charge in [0.2, 0.25) is 5.91 Å². The number of benzene rings is 1. The van der Waals surface area contributed by atoms with E-state index in [4.69, 9.17) is 4.74 Å². The molecule has 0 aliphatic rings. The van der Waals surface area contributed by atoms with Crippen LogP contribution in [0, 0.1) is 0 Å². The fraction of sp³-hybridized carbons (Fsp3) is 0.500. The Morgan fingerprint density at radius 1 is 1.22 bits per heavy atom. The van der Waals surface area contributed by atoms with Crippen molar-refractivity contribution in [2.75, 3.05) is 7.11 Å². The zero-order chi connectivity index (χ0) is 20.3. The minimum atomic E-state index is -4.47. The normalized spacial score (nSPS) is 12.3. The molecule has 1 N–H and O–H groups in total. The Labute approximate surface area is 157 Å². The molecule has 0 bridgehead atoms.